The Morgan fingerprint density at radius 1 is 1.43 bits per heavy atom. The van der Waals surface area contributed by atoms with Crippen LogP contribution in [0.2, 0.25) is 0 Å². The van der Waals surface area contributed by atoms with Gasteiger partial charge in [-0.1, -0.05) is 0 Å². The SMILES string of the molecule is COc1ccc(N)cc1C(=O)N(C)CC1CCN(C)CC1. The number of rotatable bonds is 4. The molecule has 1 saturated heterocycles. The smallest absolute Gasteiger partial charge is 0.257 e. The molecule has 1 fully saturated rings. The predicted octanol–water partition coefficient (Wildman–Crippen LogP) is 1.69. The predicted molar refractivity (Wildman–Crippen MR) is 84.6 cm³/mol. The summed E-state index contributed by atoms with van der Waals surface area (Å²) in [7, 11) is 5.56. The summed E-state index contributed by atoms with van der Waals surface area (Å²) in [5.41, 5.74) is 6.90. The van der Waals surface area contributed by atoms with Crippen molar-refractivity contribution in [2.45, 2.75) is 12.8 Å². The van der Waals surface area contributed by atoms with Crippen molar-refractivity contribution >= 4 is 11.6 Å². The molecule has 1 aliphatic rings. The third kappa shape index (κ3) is 3.88. The van der Waals surface area contributed by atoms with Gasteiger partial charge in [0.25, 0.3) is 5.91 Å². The van der Waals surface area contributed by atoms with Gasteiger partial charge in [-0.2, -0.15) is 0 Å². The topological polar surface area (TPSA) is 58.8 Å². The minimum absolute atomic E-state index is 0.0296. The molecule has 1 amide bonds. The summed E-state index contributed by atoms with van der Waals surface area (Å²) in [5.74, 6) is 1.12. The zero-order valence-corrected chi connectivity index (χ0v) is 13.1. The molecule has 5 heteroatoms. The van der Waals surface area contributed by atoms with E-state index in [-0.39, 0.29) is 5.91 Å². The van der Waals surface area contributed by atoms with Gasteiger partial charge in [0.05, 0.1) is 12.7 Å². The standard InChI is InChI=1S/C16H25N3O2/c1-18-8-6-12(7-9-18)11-19(2)16(20)14-10-13(17)4-5-15(14)21-3/h4-5,10,12H,6-9,11,17H2,1-3H3. The van der Waals surface area contributed by atoms with E-state index in [9.17, 15) is 4.79 Å². The number of methoxy groups -OCH3 is 1. The average Bonchev–Trinajstić information content (AvgIpc) is 2.48. The number of benzene rings is 1. The molecule has 0 spiro atoms. The summed E-state index contributed by atoms with van der Waals surface area (Å²) in [5, 5.41) is 0. The van der Waals surface area contributed by atoms with E-state index in [4.69, 9.17) is 10.5 Å². The highest BCUT2D eigenvalue weighted by Gasteiger charge is 2.22. The van der Waals surface area contributed by atoms with Gasteiger partial charge < -0.3 is 20.3 Å². The first-order valence-corrected chi connectivity index (χ1v) is 7.38. The summed E-state index contributed by atoms with van der Waals surface area (Å²) in [6.07, 6.45) is 2.28. The highest BCUT2D eigenvalue weighted by molar-refractivity contribution is 5.97. The largest absolute Gasteiger partial charge is 0.496 e. The van der Waals surface area contributed by atoms with Crippen molar-refractivity contribution in [3.05, 3.63) is 23.8 Å². The van der Waals surface area contributed by atoms with Crippen LogP contribution in [0.3, 0.4) is 0 Å². The number of nitrogens with two attached hydrogens (primary N) is 1. The Balaban J connectivity index is 2.03. The second-order valence-electron chi connectivity index (χ2n) is 5.89. The van der Waals surface area contributed by atoms with Crippen molar-refractivity contribution in [3.8, 4) is 5.75 Å². The Labute approximate surface area is 126 Å². The Morgan fingerprint density at radius 3 is 2.71 bits per heavy atom. The lowest BCUT2D eigenvalue weighted by Crippen LogP contribution is -2.38. The molecule has 2 N–H and O–H groups in total. The van der Waals surface area contributed by atoms with Crippen molar-refractivity contribution in [2.24, 2.45) is 5.92 Å². The van der Waals surface area contributed by atoms with E-state index in [1.807, 2.05) is 7.05 Å². The first-order chi connectivity index (χ1) is 10.0. The molecule has 0 atom stereocenters. The molecular weight excluding hydrogens is 266 g/mol. The normalized spacial score (nSPS) is 16.7. The molecule has 5 nitrogen and oxygen atoms in total. The molecule has 1 heterocycles. The van der Waals surface area contributed by atoms with Crippen LogP contribution in [-0.2, 0) is 0 Å². The van der Waals surface area contributed by atoms with E-state index in [0.29, 0.717) is 22.9 Å². The van der Waals surface area contributed by atoms with E-state index in [1.165, 1.54) is 0 Å². The summed E-state index contributed by atoms with van der Waals surface area (Å²) < 4.78 is 5.27. The summed E-state index contributed by atoms with van der Waals surface area (Å²) in [6.45, 7) is 2.99. The Hall–Kier alpha value is -1.75. The molecule has 1 aromatic carbocycles. The molecule has 0 radical (unpaired) electrons. The summed E-state index contributed by atoms with van der Waals surface area (Å²) >= 11 is 0. The highest BCUT2D eigenvalue weighted by Crippen LogP contribution is 2.24. The van der Waals surface area contributed by atoms with Crippen LogP contribution in [0.1, 0.15) is 23.2 Å². The van der Waals surface area contributed by atoms with E-state index in [1.54, 1.807) is 30.2 Å². The monoisotopic (exact) mass is 291 g/mol. The molecule has 0 saturated carbocycles. The Bertz CT molecular complexity index is 496. The van der Waals surface area contributed by atoms with Crippen molar-refractivity contribution < 1.29 is 9.53 Å². The molecule has 116 valence electrons. The van der Waals surface area contributed by atoms with E-state index < -0.39 is 0 Å². The number of anilines is 1. The minimum Gasteiger partial charge on any atom is -0.496 e. The van der Waals surface area contributed by atoms with Crippen LogP contribution in [0.15, 0.2) is 18.2 Å². The van der Waals surface area contributed by atoms with E-state index in [2.05, 4.69) is 11.9 Å². The molecule has 0 bridgehead atoms. The van der Waals surface area contributed by atoms with Crippen molar-refractivity contribution in [1.82, 2.24) is 9.80 Å². The van der Waals surface area contributed by atoms with Gasteiger partial charge in [0.2, 0.25) is 0 Å². The lowest BCUT2D eigenvalue weighted by Gasteiger charge is -2.31. The fourth-order valence-corrected chi connectivity index (χ4v) is 2.81. The molecule has 1 aliphatic heterocycles. The number of carbonyl (C=O) groups excluding carboxylic acids is 1. The maximum atomic E-state index is 12.6. The van der Waals surface area contributed by atoms with Crippen LogP contribution in [-0.4, -0.2) is 56.5 Å². The lowest BCUT2D eigenvalue weighted by molar-refractivity contribution is 0.0744. The van der Waals surface area contributed by atoms with Gasteiger partial charge in [-0.15, -0.1) is 0 Å². The number of carbonyl (C=O) groups is 1. The third-order valence-corrected chi connectivity index (χ3v) is 4.17. The fourth-order valence-electron chi connectivity index (χ4n) is 2.81. The number of hydrogen-bond acceptors (Lipinski definition) is 4. The van der Waals surface area contributed by atoms with Crippen LogP contribution < -0.4 is 10.5 Å². The minimum atomic E-state index is -0.0296. The van der Waals surface area contributed by atoms with Crippen LogP contribution in [0, 0.1) is 5.92 Å². The van der Waals surface area contributed by atoms with Gasteiger partial charge in [-0.05, 0) is 57.1 Å². The van der Waals surface area contributed by atoms with Crippen molar-refractivity contribution in [3.63, 3.8) is 0 Å². The van der Waals surface area contributed by atoms with Crippen LogP contribution in [0.4, 0.5) is 5.69 Å². The quantitative estimate of drug-likeness (QED) is 0.858. The number of ether oxygens (including phenoxy) is 1. The van der Waals surface area contributed by atoms with Crippen LogP contribution in [0.25, 0.3) is 0 Å². The van der Waals surface area contributed by atoms with E-state index >= 15 is 0 Å². The van der Waals surface area contributed by atoms with Gasteiger partial charge in [-0.25, -0.2) is 0 Å². The zero-order valence-electron chi connectivity index (χ0n) is 13.1. The number of piperidine rings is 1. The molecule has 0 aliphatic carbocycles. The van der Waals surface area contributed by atoms with Crippen molar-refractivity contribution in [1.29, 1.82) is 0 Å². The Morgan fingerprint density at radius 2 is 2.10 bits per heavy atom. The van der Waals surface area contributed by atoms with Gasteiger partial charge in [0.15, 0.2) is 0 Å². The van der Waals surface area contributed by atoms with Gasteiger partial charge in [0.1, 0.15) is 5.75 Å². The first-order valence-electron chi connectivity index (χ1n) is 7.38. The Kier molecular flexibility index (Phi) is 5.07. The molecule has 1 aromatic rings. The van der Waals surface area contributed by atoms with Crippen molar-refractivity contribution in [2.75, 3.05) is 46.6 Å². The third-order valence-electron chi connectivity index (χ3n) is 4.17. The van der Waals surface area contributed by atoms with Crippen LogP contribution >= 0.6 is 0 Å². The maximum absolute atomic E-state index is 12.6. The molecule has 2 rings (SSSR count). The molecule has 0 unspecified atom stereocenters. The summed E-state index contributed by atoms with van der Waals surface area (Å²) in [4.78, 5) is 16.7. The maximum Gasteiger partial charge on any atom is 0.257 e. The second kappa shape index (κ2) is 6.80. The average molecular weight is 291 g/mol. The number of nitrogen functional groups attached to an aromatic ring is 1. The van der Waals surface area contributed by atoms with E-state index in [0.717, 1.165) is 32.5 Å². The number of likely N-dealkylation sites (tertiary alicyclic amines) is 1. The lowest BCUT2D eigenvalue weighted by atomic mass is 9.96. The molecular formula is C16H25N3O2. The highest BCUT2D eigenvalue weighted by atomic mass is 16.5. The zero-order chi connectivity index (χ0) is 15.4. The van der Waals surface area contributed by atoms with Gasteiger partial charge in [-0.3, -0.25) is 4.79 Å². The number of hydrogen-bond donors (Lipinski definition) is 1. The second-order valence-corrected chi connectivity index (χ2v) is 5.89. The summed E-state index contributed by atoms with van der Waals surface area (Å²) in [6, 6.07) is 5.17. The van der Waals surface area contributed by atoms with Crippen LogP contribution in [0.5, 0.6) is 5.75 Å². The fraction of sp³-hybridized carbons (Fsp3) is 0.562. The van der Waals surface area contributed by atoms with Gasteiger partial charge >= 0.3 is 0 Å². The molecule has 0 aromatic heterocycles. The number of nitrogens with zero attached hydrogens (tertiary/aromatic N) is 2. The molecule has 21 heavy (non-hydrogen) atoms. The van der Waals surface area contributed by atoms with Gasteiger partial charge in [0, 0.05) is 19.3 Å². The first kappa shape index (κ1) is 15.6. The number of amides is 1.